The third kappa shape index (κ3) is 6.10. The van der Waals surface area contributed by atoms with E-state index in [-0.39, 0.29) is 0 Å². The normalized spacial score (nSPS) is 20.4. The predicted molar refractivity (Wildman–Crippen MR) is 100 cm³/mol. The first kappa shape index (κ1) is 18.7. The second-order valence-electron chi connectivity index (χ2n) is 6.88. The summed E-state index contributed by atoms with van der Waals surface area (Å²) in [4.78, 5) is 5.07. The molecule has 122 valence electrons. The molecule has 0 aromatic rings. The number of nitrogens with zero attached hydrogens (tertiary/aromatic N) is 1. The molecule has 0 saturated carbocycles. The minimum atomic E-state index is -1.27. The van der Waals surface area contributed by atoms with Crippen LogP contribution in [0.3, 0.4) is 0 Å². The van der Waals surface area contributed by atoms with Gasteiger partial charge in [-0.1, -0.05) is 77.1 Å². The molecule has 0 radical (unpaired) electrons. The second kappa shape index (κ2) is 10.4. The molecule has 0 saturated heterocycles. The van der Waals surface area contributed by atoms with Crippen molar-refractivity contribution in [1.82, 2.24) is 0 Å². The maximum absolute atomic E-state index is 5.07. The molecule has 2 heteroatoms. The van der Waals surface area contributed by atoms with Gasteiger partial charge in [0.15, 0.2) is 0 Å². The van der Waals surface area contributed by atoms with E-state index in [4.69, 9.17) is 4.99 Å². The van der Waals surface area contributed by atoms with Crippen molar-refractivity contribution in [2.45, 2.75) is 97.2 Å². The average molecular weight is 308 g/mol. The summed E-state index contributed by atoms with van der Waals surface area (Å²) >= 11 is 0. The summed E-state index contributed by atoms with van der Waals surface area (Å²) < 4.78 is 0. The molecule has 0 bridgehead atoms. The van der Waals surface area contributed by atoms with Crippen molar-refractivity contribution in [3.63, 3.8) is 0 Å². The first-order valence-electron chi connectivity index (χ1n) is 9.38. The number of hydrogen-bond acceptors (Lipinski definition) is 1. The van der Waals surface area contributed by atoms with E-state index in [1.54, 1.807) is 5.20 Å². The van der Waals surface area contributed by atoms with Gasteiger partial charge in [0.1, 0.15) is 0 Å². The lowest BCUT2D eigenvalue weighted by Gasteiger charge is -2.29. The van der Waals surface area contributed by atoms with Crippen LogP contribution < -0.4 is 0 Å². The molecule has 0 fully saturated rings. The van der Waals surface area contributed by atoms with E-state index in [0.717, 1.165) is 6.54 Å². The van der Waals surface area contributed by atoms with E-state index in [2.05, 4.69) is 33.4 Å². The molecule has 0 amide bonds. The first-order chi connectivity index (χ1) is 10.2. The molecular weight excluding hydrogens is 270 g/mol. The molecule has 0 aromatic carbocycles. The highest BCUT2D eigenvalue weighted by atomic mass is 28.3. The summed E-state index contributed by atoms with van der Waals surface area (Å²) in [5.74, 6) is 0. The summed E-state index contributed by atoms with van der Waals surface area (Å²) in [5, 5.41) is 1.67. The Morgan fingerprint density at radius 2 is 1.48 bits per heavy atom. The van der Waals surface area contributed by atoms with Crippen LogP contribution >= 0.6 is 0 Å². The molecule has 1 nitrogen and oxygen atoms in total. The standard InChI is InChI=1S/C19H37NSi/c1-5-19(21(4,6-2)7-3)18-16-14-12-10-8-9-11-13-15-17-20-18/h5H,6-17H2,1-4H3/b19-5+,20-18?. The molecule has 1 rings (SSSR count). The van der Waals surface area contributed by atoms with Crippen LogP contribution in [0.4, 0.5) is 0 Å². The van der Waals surface area contributed by atoms with Gasteiger partial charge in [-0.15, -0.1) is 0 Å². The zero-order valence-corrected chi connectivity index (χ0v) is 16.0. The summed E-state index contributed by atoms with van der Waals surface area (Å²) in [6, 6.07) is 2.70. The lowest BCUT2D eigenvalue weighted by molar-refractivity contribution is 0.569. The van der Waals surface area contributed by atoms with Gasteiger partial charge in [-0.05, 0) is 31.4 Å². The number of hydrogen-bond donors (Lipinski definition) is 0. The Bertz CT molecular complexity index is 339. The van der Waals surface area contributed by atoms with Gasteiger partial charge in [0, 0.05) is 12.3 Å². The van der Waals surface area contributed by atoms with Crippen molar-refractivity contribution < 1.29 is 0 Å². The predicted octanol–water partition coefficient (Wildman–Crippen LogP) is 6.56. The van der Waals surface area contributed by atoms with E-state index in [9.17, 15) is 0 Å². The molecule has 0 N–H and O–H groups in total. The van der Waals surface area contributed by atoms with E-state index >= 15 is 0 Å². The van der Waals surface area contributed by atoms with Gasteiger partial charge in [-0.3, -0.25) is 4.99 Å². The first-order valence-corrected chi connectivity index (χ1v) is 12.3. The number of aliphatic imine (C=N–C) groups is 1. The van der Waals surface area contributed by atoms with Gasteiger partial charge >= 0.3 is 0 Å². The topological polar surface area (TPSA) is 12.4 Å². The van der Waals surface area contributed by atoms with E-state index in [0.29, 0.717) is 0 Å². The highest BCUT2D eigenvalue weighted by Crippen LogP contribution is 2.27. The van der Waals surface area contributed by atoms with Crippen LogP contribution in [0, 0.1) is 0 Å². The van der Waals surface area contributed by atoms with Gasteiger partial charge in [0.25, 0.3) is 0 Å². The fraction of sp³-hybridized carbons (Fsp3) is 0.842. The van der Waals surface area contributed by atoms with Gasteiger partial charge in [-0.2, -0.15) is 0 Å². The molecule has 0 atom stereocenters. The van der Waals surface area contributed by atoms with Crippen molar-refractivity contribution in [2.24, 2.45) is 4.99 Å². The van der Waals surface area contributed by atoms with Gasteiger partial charge in [-0.25, -0.2) is 0 Å². The molecule has 1 aliphatic heterocycles. The smallest absolute Gasteiger partial charge is 0.0850 e. The Morgan fingerprint density at radius 3 is 2.00 bits per heavy atom. The Kier molecular flexibility index (Phi) is 9.22. The summed E-state index contributed by atoms with van der Waals surface area (Å²) in [5.41, 5.74) is 1.48. The molecule has 0 unspecified atom stereocenters. The monoisotopic (exact) mass is 307 g/mol. The van der Waals surface area contributed by atoms with Crippen LogP contribution in [0.1, 0.15) is 78.6 Å². The summed E-state index contributed by atoms with van der Waals surface area (Å²) in [7, 11) is -1.27. The van der Waals surface area contributed by atoms with Gasteiger partial charge in [0.2, 0.25) is 0 Å². The van der Waals surface area contributed by atoms with E-state index in [1.807, 2.05) is 0 Å². The van der Waals surface area contributed by atoms with Crippen LogP contribution in [0.5, 0.6) is 0 Å². The largest absolute Gasteiger partial charge is 0.290 e. The maximum Gasteiger partial charge on any atom is 0.0850 e. The fourth-order valence-corrected chi connectivity index (χ4v) is 6.33. The molecule has 1 aliphatic rings. The average Bonchev–Trinajstić information content (AvgIpc) is 2.49. The minimum absolute atomic E-state index is 1.06. The fourth-order valence-electron chi connectivity index (χ4n) is 3.47. The molecule has 0 spiro atoms. The Hall–Kier alpha value is -0.373. The lowest BCUT2D eigenvalue weighted by Crippen LogP contribution is -2.35. The zero-order chi connectivity index (χ0) is 15.6. The van der Waals surface area contributed by atoms with Crippen molar-refractivity contribution in [2.75, 3.05) is 6.54 Å². The highest BCUT2D eigenvalue weighted by molar-refractivity contribution is 6.89. The van der Waals surface area contributed by atoms with Crippen molar-refractivity contribution >= 4 is 13.8 Å². The lowest BCUT2D eigenvalue weighted by atomic mass is 10.0. The molecular formula is C19H37NSi. The zero-order valence-electron chi connectivity index (χ0n) is 15.0. The van der Waals surface area contributed by atoms with Crippen LogP contribution in [0.25, 0.3) is 0 Å². The third-order valence-electron chi connectivity index (χ3n) is 5.43. The number of rotatable bonds is 4. The van der Waals surface area contributed by atoms with Crippen molar-refractivity contribution in [1.29, 1.82) is 0 Å². The summed E-state index contributed by atoms with van der Waals surface area (Å²) in [6.07, 6.45) is 14.8. The minimum Gasteiger partial charge on any atom is -0.290 e. The van der Waals surface area contributed by atoms with Gasteiger partial charge in [0.05, 0.1) is 8.07 Å². The quantitative estimate of drug-likeness (QED) is 0.522. The van der Waals surface area contributed by atoms with E-state index in [1.165, 1.54) is 75.6 Å². The highest BCUT2D eigenvalue weighted by Gasteiger charge is 2.29. The Labute approximate surface area is 134 Å². The van der Waals surface area contributed by atoms with Crippen molar-refractivity contribution in [3.05, 3.63) is 11.3 Å². The molecule has 1 heterocycles. The second-order valence-corrected chi connectivity index (χ2v) is 12.0. The Morgan fingerprint density at radius 1 is 0.952 bits per heavy atom. The van der Waals surface area contributed by atoms with Crippen LogP contribution in [0.15, 0.2) is 16.3 Å². The number of allylic oxidation sites excluding steroid dienone is 2. The Balaban J connectivity index is 2.85. The molecule has 0 aromatic heterocycles. The maximum atomic E-state index is 5.07. The van der Waals surface area contributed by atoms with Crippen LogP contribution in [0.2, 0.25) is 18.6 Å². The van der Waals surface area contributed by atoms with Crippen LogP contribution in [-0.2, 0) is 0 Å². The SMILES string of the molecule is C/C=C(\C1=NCCCCCCCCCC1)[Si](C)(CC)CC. The third-order valence-corrected chi connectivity index (χ3v) is 10.4. The molecule has 0 aliphatic carbocycles. The summed E-state index contributed by atoms with van der Waals surface area (Å²) in [6.45, 7) is 10.6. The van der Waals surface area contributed by atoms with Crippen molar-refractivity contribution in [3.8, 4) is 0 Å². The van der Waals surface area contributed by atoms with Crippen LogP contribution in [-0.4, -0.2) is 20.3 Å². The van der Waals surface area contributed by atoms with Gasteiger partial charge < -0.3 is 0 Å². The molecule has 21 heavy (non-hydrogen) atoms. The van der Waals surface area contributed by atoms with E-state index < -0.39 is 8.07 Å².